The summed E-state index contributed by atoms with van der Waals surface area (Å²) in [7, 11) is 1.62. The summed E-state index contributed by atoms with van der Waals surface area (Å²) in [4.78, 5) is 0. The molecule has 1 N–H and O–H groups in total. The van der Waals surface area contributed by atoms with Gasteiger partial charge in [-0.05, 0) is 49.8 Å². The Bertz CT molecular complexity index is 747. The first-order valence-corrected chi connectivity index (χ1v) is 7.89. The third kappa shape index (κ3) is 4.19. The summed E-state index contributed by atoms with van der Waals surface area (Å²) in [5.41, 5.74) is 0.888. The molecule has 0 aliphatic rings. The largest absolute Gasteiger partial charge is 0.493 e. The predicted molar refractivity (Wildman–Crippen MR) is 93.3 cm³/mol. The van der Waals surface area contributed by atoms with E-state index in [9.17, 15) is 0 Å². The van der Waals surface area contributed by atoms with E-state index < -0.39 is 0 Å². The van der Waals surface area contributed by atoms with Crippen molar-refractivity contribution in [3.63, 3.8) is 0 Å². The molecule has 0 aliphatic carbocycles. The molecule has 0 spiro atoms. The molecule has 1 aromatic carbocycles. The van der Waals surface area contributed by atoms with Crippen molar-refractivity contribution < 1.29 is 9.47 Å². The van der Waals surface area contributed by atoms with Crippen LogP contribution in [-0.4, -0.2) is 34.3 Å². The van der Waals surface area contributed by atoms with Gasteiger partial charge in [0.25, 0.3) is 0 Å². The molecule has 0 unspecified atom stereocenters. The topological polar surface area (TPSA) is 64.4 Å². The second-order valence-corrected chi connectivity index (χ2v) is 6.06. The van der Waals surface area contributed by atoms with Gasteiger partial charge >= 0.3 is 0 Å². The molecule has 0 saturated carbocycles. The maximum absolute atomic E-state index is 5.77. The molecule has 6 nitrogen and oxygen atoms in total. The van der Waals surface area contributed by atoms with Gasteiger partial charge in [-0.25, -0.2) is 0 Å². The monoisotopic (exact) mass is 334 g/mol. The Balaban J connectivity index is 2.33. The van der Waals surface area contributed by atoms with Gasteiger partial charge in [0, 0.05) is 5.92 Å². The molecule has 0 aliphatic heterocycles. The van der Waals surface area contributed by atoms with Gasteiger partial charge in [-0.3, -0.25) is 5.10 Å². The summed E-state index contributed by atoms with van der Waals surface area (Å²) < 4.78 is 13.2. The molecule has 1 heterocycles. The number of nitrogens with zero attached hydrogens (tertiary/aromatic N) is 3. The standard InChI is InChI=1S/C16H22N4O2S/c1-10(2)15-18-19-16(23)20(15)17-9-12-6-7-13(21-5)14(8-12)22-11(3)4/h6-11H,1-5H3,(H,19,23)/b17-9-. The Morgan fingerprint density at radius 3 is 2.61 bits per heavy atom. The summed E-state index contributed by atoms with van der Waals surface area (Å²) in [5, 5.41) is 11.4. The molecule has 23 heavy (non-hydrogen) atoms. The van der Waals surface area contributed by atoms with Crippen molar-refractivity contribution in [2.75, 3.05) is 7.11 Å². The first-order chi connectivity index (χ1) is 10.9. The SMILES string of the molecule is COc1ccc(/C=N\n2c(C(C)C)n[nH]c2=S)cc1OC(C)C. The number of hydrogen-bond donors (Lipinski definition) is 1. The molecule has 2 aromatic rings. The van der Waals surface area contributed by atoms with Crippen molar-refractivity contribution >= 4 is 18.4 Å². The van der Waals surface area contributed by atoms with Gasteiger partial charge in [0.05, 0.1) is 19.4 Å². The van der Waals surface area contributed by atoms with Crippen LogP contribution in [0.15, 0.2) is 23.3 Å². The molecular weight excluding hydrogens is 312 g/mol. The summed E-state index contributed by atoms with van der Waals surface area (Å²) in [6.07, 6.45) is 1.79. The van der Waals surface area contributed by atoms with Crippen molar-refractivity contribution in [3.8, 4) is 11.5 Å². The number of nitrogens with one attached hydrogen (secondary N) is 1. The first-order valence-electron chi connectivity index (χ1n) is 7.48. The van der Waals surface area contributed by atoms with Crippen molar-refractivity contribution in [1.29, 1.82) is 0 Å². The lowest BCUT2D eigenvalue weighted by molar-refractivity contribution is 0.230. The maximum Gasteiger partial charge on any atom is 0.216 e. The highest BCUT2D eigenvalue weighted by Gasteiger charge is 2.10. The summed E-state index contributed by atoms with van der Waals surface area (Å²) in [5.74, 6) is 2.39. The Hall–Kier alpha value is -2.15. The van der Waals surface area contributed by atoms with Gasteiger partial charge in [-0.1, -0.05) is 13.8 Å². The molecule has 7 heteroatoms. The molecule has 124 valence electrons. The van der Waals surface area contributed by atoms with Gasteiger partial charge in [0.1, 0.15) is 0 Å². The molecular formula is C16H22N4O2S. The normalized spacial score (nSPS) is 11.6. The zero-order valence-corrected chi connectivity index (χ0v) is 14.8. The number of methoxy groups -OCH3 is 1. The van der Waals surface area contributed by atoms with E-state index >= 15 is 0 Å². The minimum absolute atomic E-state index is 0.0612. The first kappa shape index (κ1) is 17.2. The van der Waals surface area contributed by atoms with Crippen LogP contribution < -0.4 is 9.47 Å². The fourth-order valence-corrected chi connectivity index (χ4v) is 2.22. The molecule has 2 rings (SSSR count). The van der Waals surface area contributed by atoms with E-state index in [0.29, 0.717) is 16.3 Å². The second-order valence-electron chi connectivity index (χ2n) is 5.67. The van der Waals surface area contributed by atoms with E-state index in [2.05, 4.69) is 15.3 Å². The minimum atomic E-state index is 0.0612. The van der Waals surface area contributed by atoms with E-state index in [-0.39, 0.29) is 12.0 Å². The zero-order valence-electron chi connectivity index (χ0n) is 14.0. The quantitative estimate of drug-likeness (QED) is 0.645. The summed E-state index contributed by atoms with van der Waals surface area (Å²) >= 11 is 5.22. The van der Waals surface area contributed by atoms with Crippen LogP contribution in [0.3, 0.4) is 0 Å². The smallest absolute Gasteiger partial charge is 0.216 e. The van der Waals surface area contributed by atoms with Crippen LogP contribution in [0, 0.1) is 4.77 Å². The number of H-pyrrole nitrogens is 1. The number of hydrogen-bond acceptors (Lipinski definition) is 5. The van der Waals surface area contributed by atoms with Crippen molar-refractivity contribution in [1.82, 2.24) is 14.9 Å². The van der Waals surface area contributed by atoms with E-state index in [4.69, 9.17) is 21.7 Å². The molecule has 0 bridgehead atoms. The Labute approximate surface area is 141 Å². The lowest BCUT2D eigenvalue weighted by Crippen LogP contribution is -2.07. The van der Waals surface area contributed by atoms with Crippen molar-refractivity contribution in [2.24, 2.45) is 5.10 Å². The Morgan fingerprint density at radius 1 is 1.26 bits per heavy atom. The van der Waals surface area contributed by atoms with Gasteiger partial charge in [-0.2, -0.15) is 14.9 Å². The van der Waals surface area contributed by atoms with Crippen molar-refractivity contribution in [3.05, 3.63) is 34.4 Å². The van der Waals surface area contributed by atoms with Crippen LogP contribution in [0.25, 0.3) is 0 Å². The minimum Gasteiger partial charge on any atom is -0.493 e. The fourth-order valence-electron chi connectivity index (χ4n) is 2.03. The van der Waals surface area contributed by atoms with Crippen LogP contribution in [0.2, 0.25) is 0 Å². The maximum atomic E-state index is 5.77. The average molecular weight is 334 g/mol. The predicted octanol–water partition coefficient (Wildman–Crippen LogP) is 3.74. The van der Waals surface area contributed by atoms with Gasteiger partial charge in [-0.15, -0.1) is 0 Å². The molecule has 0 amide bonds. The number of ether oxygens (including phenoxy) is 2. The number of rotatable bonds is 6. The van der Waals surface area contributed by atoms with Gasteiger partial charge in [0.15, 0.2) is 17.3 Å². The van der Waals surface area contributed by atoms with Gasteiger partial charge < -0.3 is 9.47 Å². The van der Waals surface area contributed by atoms with E-state index in [0.717, 1.165) is 11.4 Å². The average Bonchev–Trinajstić information content (AvgIpc) is 2.86. The highest BCUT2D eigenvalue weighted by atomic mass is 32.1. The van der Waals surface area contributed by atoms with Crippen LogP contribution >= 0.6 is 12.2 Å². The van der Waals surface area contributed by atoms with E-state index in [1.54, 1.807) is 18.0 Å². The molecule has 0 fully saturated rings. The lowest BCUT2D eigenvalue weighted by Gasteiger charge is -2.13. The number of aromatic nitrogens is 3. The second kappa shape index (κ2) is 7.41. The third-order valence-electron chi connectivity index (χ3n) is 3.06. The Kier molecular flexibility index (Phi) is 5.54. The third-order valence-corrected chi connectivity index (χ3v) is 3.33. The van der Waals surface area contributed by atoms with E-state index in [1.165, 1.54) is 0 Å². The molecule has 0 radical (unpaired) electrons. The van der Waals surface area contributed by atoms with Crippen LogP contribution in [0.4, 0.5) is 0 Å². The highest BCUT2D eigenvalue weighted by molar-refractivity contribution is 7.71. The number of benzene rings is 1. The van der Waals surface area contributed by atoms with Crippen LogP contribution in [0.5, 0.6) is 11.5 Å². The fraction of sp³-hybridized carbons (Fsp3) is 0.438. The van der Waals surface area contributed by atoms with Gasteiger partial charge in [0.2, 0.25) is 4.77 Å². The molecule has 1 aromatic heterocycles. The molecule has 0 atom stereocenters. The zero-order chi connectivity index (χ0) is 17.0. The van der Waals surface area contributed by atoms with Crippen LogP contribution in [0.1, 0.15) is 45.0 Å². The Morgan fingerprint density at radius 2 is 2.00 bits per heavy atom. The van der Waals surface area contributed by atoms with E-state index in [1.807, 2.05) is 45.9 Å². The summed E-state index contributed by atoms with van der Waals surface area (Å²) in [6.45, 7) is 8.03. The number of aromatic amines is 1. The van der Waals surface area contributed by atoms with Crippen molar-refractivity contribution in [2.45, 2.75) is 39.7 Å². The lowest BCUT2D eigenvalue weighted by atomic mass is 10.2. The highest BCUT2D eigenvalue weighted by Crippen LogP contribution is 2.28. The van der Waals surface area contributed by atoms with Crippen LogP contribution in [-0.2, 0) is 0 Å². The molecule has 0 saturated heterocycles. The summed E-state index contributed by atoms with van der Waals surface area (Å²) in [6, 6.07) is 5.66.